The van der Waals surface area contributed by atoms with Gasteiger partial charge in [-0.25, -0.2) is 18.4 Å². The van der Waals surface area contributed by atoms with Crippen LogP contribution in [0.1, 0.15) is 17.7 Å². The van der Waals surface area contributed by atoms with Gasteiger partial charge in [-0.15, -0.1) is 0 Å². The topological polar surface area (TPSA) is 59.8 Å². The van der Waals surface area contributed by atoms with Crippen molar-refractivity contribution in [3.63, 3.8) is 0 Å². The predicted molar refractivity (Wildman–Crippen MR) is 118 cm³/mol. The molecule has 2 heterocycles. The zero-order valence-electron chi connectivity index (χ0n) is 16.2. The monoisotopic (exact) mass is 460 g/mol. The molecule has 0 radical (unpaired) electrons. The molecule has 4 aromatic rings. The number of carbonyl (C=O) groups is 1. The second-order valence-corrected chi connectivity index (χ2v) is 7.72. The van der Waals surface area contributed by atoms with Crippen molar-refractivity contribution in [2.45, 2.75) is 19.9 Å². The van der Waals surface area contributed by atoms with E-state index >= 15 is 0 Å². The van der Waals surface area contributed by atoms with Gasteiger partial charge in [-0.3, -0.25) is 4.79 Å². The highest BCUT2D eigenvalue weighted by Gasteiger charge is 2.22. The molecule has 0 unspecified atom stereocenters. The van der Waals surface area contributed by atoms with Crippen molar-refractivity contribution in [3.8, 4) is 11.3 Å². The first-order valence-corrected chi connectivity index (χ1v) is 10.1. The number of amides is 1. The van der Waals surface area contributed by atoms with Crippen molar-refractivity contribution in [2.24, 2.45) is 0 Å². The highest BCUT2D eigenvalue weighted by Crippen LogP contribution is 2.33. The lowest BCUT2D eigenvalue weighted by Crippen LogP contribution is -2.20. The number of alkyl halides is 2. The molecule has 0 aliphatic carbocycles. The Balaban J connectivity index is 1.74. The Morgan fingerprint density at radius 1 is 1.13 bits per heavy atom. The Morgan fingerprint density at radius 3 is 2.55 bits per heavy atom. The Morgan fingerprint density at radius 2 is 1.87 bits per heavy atom. The Bertz CT molecular complexity index is 1280. The van der Waals surface area contributed by atoms with Gasteiger partial charge in [0.2, 0.25) is 5.91 Å². The molecule has 0 saturated carbocycles. The van der Waals surface area contributed by atoms with Crippen LogP contribution >= 0.6 is 23.2 Å². The van der Waals surface area contributed by atoms with Gasteiger partial charge in [-0.2, -0.15) is 5.10 Å². The maximum absolute atomic E-state index is 13.8. The third kappa shape index (κ3) is 4.38. The number of aryl methyl sites for hydroxylation is 1. The molecule has 1 amide bonds. The summed E-state index contributed by atoms with van der Waals surface area (Å²) in [7, 11) is 0. The number of fused-ring (bicyclic) bond motifs is 1. The van der Waals surface area contributed by atoms with Crippen molar-refractivity contribution in [1.82, 2.24) is 14.8 Å². The summed E-state index contributed by atoms with van der Waals surface area (Å²) in [6.07, 6.45) is -2.72. The number of benzene rings is 2. The number of halogens is 4. The SMILES string of the molecule is Cc1nn(CC(=O)Nc2ccc(Cl)cc2Cl)c2nc(-c3ccccc3)cc(C(F)F)c12. The summed E-state index contributed by atoms with van der Waals surface area (Å²) in [5.74, 6) is -0.431. The van der Waals surface area contributed by atoms with Crippen LogP contribution in [-0.4, -0.2) is 20.7 Å². The fraction of sp³-hybridized carbons (Fsp3) is 0.136. The molecule has 4 rings (SSSR count). The van der Waals surface area contributed by atoms with Crippen LogP contribution in [0.25, 0.3) is 22.3 Å². The number of aromatic nitrogens is 3. The standard InChI is InChI=1S/C22H16Cl2F2N4O/c1-12-20-15(21(25)26)10-18(13-5-3-2-4-6-13)28-22(20)30(29-12)11-19(31)27-17-8-7-14(23)9-16(17)24/h2-10,21H,11H2,1H3,(H,27,31). The molecule has 2 aromatic carbocycles. The summed E-state index contributed by atoms with van der Waals surface area (Å²) in [6.45, 7) is 1.39. The van der Waals surface area contributed by atoms with Crippen molar-refractivity contribution in [1.29, 1.82) is 0 Å². The van der Waals surface area contributed by atoms with E-state index in [1.54, 1.807) is 43.3 Å². The third-order valence-electron chi connectivity index (χ3n) is 4.71. The van der Waals surface area contributed by atoms with Gasteiger partial charge in [0.15, 0.2) is 5.65 Å². The maximum Gasteiger partial charge on any atom is 0.264 e. The quantitative estimate of drug-likeness (QED) is 0.380. The molecule has 0 bridgehead atoms. The lowest BCUT2D eigenvalue weighted by atomic mass is 10.1. The molecule has 0 aliphatic rings. The number of anilines is 1. The highest BCUT2D eigenvalue weighted by atomic mass is 35.5. The first-order chi connectivity index (χ1) is 14.8. The molecule has 0 atom stereocenters. The molecule has 0 fully saturated rings. The fourth-order valence-electron chi connectivity index (χ4n) is 3.34. The van der Waals surface area contributed by atoms with Crippen molar-refractivity contribution in [2.75, 3.05) is 5.32 Å². The highest BCUT2D eigenvalue weighted by molar-refractivity contribution is 6.36. The van der Waals surface area contributed by atoms with Gasteiger partial charge in [-0.1, -0.05) is 53.5 Å². The van der Waals surface area contributed by atoms with Gasteiger partial charge < -0.3 is 5.32 Å². The Hall–Kier alpha value is -3.03. The molecule has 5 nitrogen and oxygen atoms in total. The smallest absolute Gasteiger partial charge is 0.264 e. The fourth-order valence-corrected chi connectivity index (χ4v) is 3.80. The summed E-state index contributed by atoms with van der Waals surface area (Å²) in [4.78, 5) is 17.1. The summed E-state index contributed by atoms with van der Waals surface area (Å²) < 4.78 is 29.0. The zero-order valence-corrected chi connectivity index (χ0v) is 17.8. The second kappa shape index (κ2) is 8.61. The van der Waals surface area contributed by atoms with Gasteiger partial charge in [0, 0.05) is 16.1 Å². The number of nitrogens with one attached hydrogen (secondary N) is 1. The lowest BCUT2D eigenvalue weighted by molar-refractivity contribution is -0.116. The van der Waals surface area contributed by atoms with Crippen LogP contribution in [0.2, 0.25) is 10.0 Å². The molecular formula is C22H16Cl2F2N4O. The molecule has 2 aromatic heterocycles. The summed E-state index contributed by atoms with van der Waals surface area (Å²) in [6, 6.07) is 15.1. The van der Waals surface area contributed by atoms with E-state index in [1.165, 1.54) is 16.8 Å². The van der Waals surface area contributed by atoms with Gasteiger partial charge in [0.1, 0.15) is 6.54 Å². The molecular weight excluding hydrogens is 445 g/mol. The number of pyridine rings is 1. The van der Waals surface area contributed by atoms with Gasteiger partial charge in [0.05, 0.1) is 27.5 Å². The minimum atomic E-state index is -2.72. The summed E-state index contributed by atoms with van der Waals surface area (Å²) in [5.41, 5.74) is 1.87. The van der Waals surface area contributed by atoms with E-state index in [0.717, 1.165) is 0 Å². The normalized spacial score (nSPS) is 11.3. The van der Waals surface area contributed by atoms with Gasteiger partial charge in [-0.05, 0) is 31.2 Å². The van der Waals surface area contributed by atoms with E-state index in [4.69, 9.17) is 23.2 Å². The van der Waals surface area contributed by atoms with Crippen LogP contribution in [-0.2, 0) is 11.3 Å². The van der Waals surface area contributed by atoms with Crippen LogP contribution in [0, 0.1) is 6.92 Å². The van der Waals surface area contributed by atoms with Crippen molar-refractivity contribution in [3.05, 3.63) is 75.9 Å². The Kier molecular flexibility index (Phi) is 5.89. The molecule has 0 saturated heterocycles. The van der Waals surface area contributed by atoms with E-state index in [9.17, 15) is 13.6 Å². The first kappa shape index (κ1) is 21.2. The third-order valence-corrected chi connectivity index (χ3v) is 5.26. The molecule has 9 heteroatoms. The summed E-state index contributed by atoms with van der Waals surface area (Å²) in [5, 5.41) is 7.93. The van der Waals surface area contributed by atoms with Crippen LogP contribution in [0.4, 0.5) is 14.5 Å². The number of carbonyl (C=O) groups excluding carboxylic acids is 1. The molecule has 0 spiro atoms. The average molecular weight is 461 g/mol. The van der Waals surface area contributed by atoms with E-state index < -0.39 is 12.3 Å². The van der Waals surface area contributed by atoms with E-state index in [0.29, 0.717) is 27.7 Å². The molecule has 31 heavy (non-hydrogen) atoms. The van der Waals surface area contributed by atoms with E-state index in [-0.39, 0.29) is 28.2 Å². The summed E-state index contributed by atoms with van der Waals surface area (Å²) >= 11 is 12.0. The van der Waals surface area contributed by atoms with Crippen LogP contribution < -0.4 is 5.32 Å². The largest absolute Gasteiger partial charge is 0.323 e. The van der Waals surface area contributed by atoms with Crippen LogP contribution in [0.3, 0.4) is 0 Å². The lowest BCUT2D eigenvalue weighted by Gasteiger charge is -2.10. The van der Waals surface area contributed by atoms with Crippen molar-refractivity contribution < 1.29 is 13.6 Å². The maximum atomic E-state index is 13.8. The Labute approximate surface area is 186 Å². The number of hydrogen-bond donors (Lipinski definition) is 1. The molecule has 158 valence electrons. The van der Waals surface area contributed by atoms with Gasteiger partial charge >= 0.3 is 0 Å². The van der Waals surface area contributed by atoms with Crippen LogP contribution in [0.5, 0.6) is 0 Å². The van der Waals surface area contributed by atoms with E-state index in [1.807, 2.05) is 6.07 Å². The first-order valence-electron chi connectivity index (χ1n) is 9.30. The molecule has 1 N–H and O–H groups in total. The van der Waals surface area contributed by atoms with Crippen LogP contribution in [0.15, 0.2) is 54.6 Å². The number of nitrogens with zero attached hydrogens (tertiary/aromatic N) is 3. The number of rotatable bonds is 5. The van der Waals surface area contributed by atoms with Gasteiger partial charge in [0.25, 0.3) is 6.43 Å². The number of hydrogen-bond acceptors (Lipinski definition) is 3. The van der Waals surface area contributed by atoms with Crippen molar-refractivity contribution >= 4 is 45.8 Å². The predicted octanol–water partition coefficient (Wildman–Crippen LogP) is 6.29. The zero-order chi connectivity index (χ0) is 22.1. The second-order valence-electron chi connectivity index (χ2n) is 6.88. The van der Waals surface area contributed by atoms with E-state index in [2.05, 4.69) is 15.4 Å². The minimum absolute atomic E-state index is 0.172. The molecule has 0 aliphatic heterocycles. The average Bonchev–Trinajstić information content (AvgIpc) is 3.05. The minimum Gasteiger partial charge on any atom is -0.323 e.